The molecule has 1 saturated heterocycles. The first-order valence-corrected chi connectivity index (χ1v) is 6.68. The lowest BCUT2D eigenvalue weighted by molar-refractivity contribution is 0.263. The van der Waals surface area contributed by atoms with Crippen LogP contribution in [0.3, 0.4) is 0 Å². The Kier molecular flexibility index (Phi) is 3.46. The number of aliphatic hydroxyl groups is 1. The molecule has 3 rings (SSSR count). The highest BCUT2D eigenvalue weighted by atomic mass is 16.3. The van der Waals surface area contributed by atoms with Gasteiger partial charge in [0.05, 0.1) is 0 Å². The summed E-state index contributed by atoms with van der Waals surface area (Å²) in [6.45, 7) is 2.19. The summed E-state index contributed by atoms with van der Waals surface area (Å²) in [4.78, 5) is 14.2. The number of aromatic nitrogens is 3. The fourth-order valence-electron chi connectivity index (χ4n) is 2.57. The molecule has 100 valence electrons. The number of hydrogen-bond donors (Lipinski definition) is 2. The highest BCUT2D eigenvalue weighted by Gasteiger charge is 2.23. The van der Waals surface area contributed by atoms with Crippen molar-refractivity contribution >= 4 is 5.95 Å². The van der Waals surface area contributed by atoms with Crippen molar-refractivity contribution in [2.45, 2.75) is 12.8 Å². The Morgan fingerprint density at radius 2 is 2.21 bits per heavy atom. The number of aliphatic hydroxyl groups excluding tert-OH is 1. The molecule has 1 unspecified atom stereocenters. The maximum Gasteiger partial charge on any atom is 0.225 e. The number of anilines is 1. The number of hydrogen-bond acceptors (Lipinski definition) is 4. The average molecular weight is 258 g/mol. The van der Waals surface area contributed by atoms with Gasteiger partial charge >= 0.3 is 0 Å². The van der Waals surface area contributed by atoms with Gasteiger partial charge in [-0.15, -0.1) is 0 Å². The van der Waals surface area contributed by atoms with Crippen molar-refractivity contribution < 1.29 is 5.11 Å². The number of nitrogens with zero attached hydrogens (tertiary/aromatic N) is 3. The first-order chi connectivity index (χ1) is 9.36. The fraction of sp³-hybridized carbons (Fsp3) is 0.429. The smallest absolute Gasteiger partial charge is 0.225 e. The number of rotatable bonds is 4. The van der Waals surface area contributed by atoms with Gasteiger partial charge in [-0.2, -0.15) is 0 Å². The highest BCUT2D eigenvalue weighted by Crippen LogP contribution is 2.23. The minimum Gasteiger partial charge on any atom is -0.396 e. The topological polar surface area (TPSA) is 65.0 Å². The van der Waals surface area contributed by atoms with Gasteiger partial charge in [-0.1, -0.05) is 0 Å². The van der Waals surface area contributed by atoms with Crippen molar-refractivity contribution in [3.05, 3.63) is 30.7 Å². The molecule has 0 radical (unpaired) electrons. The fourth-order valence-corrected chi connectivity index (χ4v) is 2.57. The van der Waals surface area contributed by atoms with Gasteiger partial charge in [-0.05, 0) is 30.9 Å². The first-order valence-electron chi connectivity index (χ1n) is 6.68. The molecular weight excluding hydrogens is 240 g/mol. The van der Waals surface area contributed by atoms with E-state index in [0.29, 0.717) is 5.92 Å². The van der Waals surface area contributed by atoms with Crippen LogP contribution in [0.5, 0.6) is 0 Å². The van der Waals surface area contributed by atoms with Crippen LogP contribution in [0, 0.1) is 5.92 Å². The molecule has 0 amide bonds. The Bertz CT molecular complexity index is 509. The summed E-state index contributed by atoms with van der Waals surface area (Å²) >= 11 is 0. The van der Waals surface area contributed by atoms with E-state index in [2.05, 4.69) is 19.9 Å². The summed E-state index contributed by atoms with van der Waals surface area (Å²) in [6.07, 6.45) is 7.59. The van der Waals surface area contributed by atoms with E-state index in [-0.39, 0.29) is 6.61 Å². The second-order valence-corrected chi connectivity index (χ2v) is 4.97. The normalized spacial score (nSPS) is 19.0. The van der Waals surface area contributed by atoms with E-state index in [9.17, 15) is 0 Å². The second-order valence-electron chi connectivity index (χ2n) is 4.97. The molecule has 3 heterocycles. The summed E-state index contributed by atoms with van der Waals surface area (Å²) in [5, 5.41) is 8.97. The van der Waals surface area contributed by atoms with E-state index in [4.69, 9.17) is 5.11 Å². The first kappa shape index (κ1) is 12.2. The lowest BCUT2D eigenvalue weighted by Crippen LogP contribution is -2.22. The predicted octanol–water partition coefficient (Wildman–Crippen LogP) is 1.68. The zero-order valence-corrected chi connectivity index (χ0v) is 10.8. The maximum atomic E-state index is 8.97. The van der Waals surface area contributed by atoms with E-state index in [1.165, 1.54) is 0 Å². The van der Waals surface area contributed by atoms with Gasteiger partial charge in [0.2, 0.25) is 5.95 Å². The number of H-pyrrole nitrogens is 1. The van der Waals surface area contributed by atoms with E-state index in [0.717, 1.165) is 43.1 Å². The van der Waals surface area contributed by atoms with Crippen LogP contribution < -0.4 is 4.90 Å². The minimum absolute atomic E-state index is 0.269. The Morgan fingerprint density at radius 3 is 2.89 bits per heavy atom. The molecule has 1 aliphatic rings. The van der Waals surface area contributed by atoms with Gasteiger partial charge in [0, 0.05) is 49.5 Å². The van der Waals surface area contributed by atoms with E-state index < -0.39 is 0 Å². The van der Waals surface area contributed by atoms with Crippen LogP contribution in [0.2, 0.25) is 0 Å². The molecule has 2 aromatic heterocycles. The monoisotopic (exact) mass is 258 g/mol. The predicted molar refractivity (Wildman–Crippen MR) is 73.8 cm³/mol. The standard InChI is InChI=1S/C14H18N4O/c19-7-4-11-3-6-18(10-11)14-16-8-12(9-17-14)13-2-1-5-15-13/h1-2,5,8-9,11,15,19H,3-4,6-7,10H2. The van der Waals surface area contributed by atoms with Crippen LogP contribution in [0.15, 0.2) is 30.7 Å². The quantitative estimate of drug-likeness (QED) is 0.875. The van der Waals surface area contributed by atoms with E-state index >= 15 is 0 Å². The molecule has 5 nitrogen and oxygen atoms in total. The molecule has 0 saturated carbocycles. The molecule has 0 bridgehead atoms. The van der Waals surface area contributed by atoms with Gasteiger partial charge in [0.25, 0.3) is 0 Å². The Balaban J connectivity index is 1.70. The maximum absolute atomic E-state index is 8.97. The molecule has 2 aromatic rings. The molecule has 1 atom stereocenters. The lowest BCUT2D eigenvalue weighted by atomic mass is 10.1. The third-order valence-corrected chi connectivity index (χ3v) is 3.65. The molecule has 0 aliphatic carbocycles. The van der Waals surface area contributed by atoms with Crippen LogP contribution in [0.25, 0.3) is 11.3 Å². The zero-order valence-electron chi connectivity index (χ0n) is 10.8. The second kappa shape index (κ2) is 5.40. The number of nitrogens with one attached hydrogen (secondary N) is 1. The average Bonchev–Trinajstić information content (AvgIpc) is 3.10. The van der Waals surface area contributed by atoms with Gasteiger partial charge in [0.15, 0.2) is 0 Å². The van der Waals surface area contributed by atoms with Crippen molar-refractivity contribution in [3.63, 3.8) is 0 Å². The summed E-state index contributed by atoms with van der Waals surface area (Å²) in [6, 6.07) is 3.97. The largest absolute Gasteiger partial charge is 0.396 e. The van der Waals surface area contributed by atoms with E-state index in [1.54, 1.807) is 0 Å². The van der Waals surface area contributed by atoms with Crippen LogP contribution in [-0.2, 0) is 0 Å². The van der Waals surface area contributed by atoms with Crippen LogP contribution in [0.1, 0.15) is 12.8 Å². The number of aromatic amines is 1. The van der Waals surface area contributed by atoms with Crippen LogP contribution in [-0.4, -0.2) is 39.8 Å². The summed E-state index contributed by atoms with van der Waals surface area (Å²) in [5.74, 6) is 1.35. The highest BCUT2D eigenvalue weighted by molar-refractivity contribution is 5.57. The molecule has 1 fully saturated rings. The van der Waals surface area contributed by atoms with Crippen molar-refractivity contribution in [3.8, 4) is 11.3 Å². The lowest BCUT2D eigenvalue weighted by Gasteiger charge is -2.16. The van der Waals surface area contributed by atoms with Gasteiger partial charge in [0.1, 0.15) is 0 Å². The van der Waals surface area contributed by atoms with Gasteiger partial charge in [-0.25, -0.2) is 9.97 Å². The molecular formula is C14H18N4O. The minimum atomic E-state index is 0.269. The van der Waals surface area contributed by atoms with Crippen LogP contribution >= 0.6 is 0 Å². The zero-order chi connectivity index (χ0) is 13.1. The van der Waals surface area contributed by atoms with Crippen molar-refractivity contribution in [1.82, 2.24) is 15.0 Å². The SMILES string of the molecule is OCCC1CCN(c2ncc(-c3ccc[nH]3)cn2)C1. The van der Waals surface area contributed by atoms with E-state index in [1.807, 2.05) is 30.7 Å². The van der Waals surface area contributed by atoms with Gasteiger partial charge < -0.3 is 15.0 Å². The molecule has 5 heteroatoms. The molecule has 2 N–H and O–H groups in total. The van der Waals surface area contributed by atoms with Crippen molar-refractivity contribution in [2.75, 3.05) is 24.6 Å². The van der Waals surface area contributed by atoms with Gasteiger partial charge in [-0.3, -0.25) is 0 Å². The molecule has 0 spiro atoms. The molecule has 19 heavy (non-hydrogen) atoms. The van der Waals surface area contributed by atoms with Crippen molar-refractivity contribution in [1.29, 1.82) is 0 Å². The summed E-state index contributed by atoms with van der Waals surface area (Å²) in [7, 11) is 0. The third kappa shape index (κ3) is 2.61. The molecule has 0 aromatic carbocycles. The Hall–Kier alpha value is -1.88. The molecule has 1 aliphatic heterocycles. The van der Waals surface area contributed by atoms with Crippen molar-refractivity contribution in [2.24, 2.45) is 5.92 Å². The van der Waals surface area contributed by atoms with Crippen LogP contribution in [0.4, 0.5) is 5.95 Å². The Labute approximate surface area is 112 Å². The summed E-state index contributed by atoms with van der Waals surface area (Å²) < 4.78 is 0. The third-order valence-electron chi connectivity index (χ3n) is 3.65. The summed E-state index contributed by atoms with van der Waals surface area (Å²) in [5.41, 5.74) is 2.03. The Morgan fingerprint density at radius 1 is 1.37 bits per heavy atom.